The Kier molecular flexibility index (Phi) is 4.31. The molecule has 1 saturated carbocycles. The highest BCUT2D eigenvalue weighted by molar-refractivity contribution is 7.99. The predicted octanol–water partition coefficient (Wildman–Crippen LogP) is 3.11. The summed E-state index contributed by atoms with van der Waals surface area (Å²) in [7, 11) is 0. The number of anilines is 1. The van der Waals surface area contributed by atoms with Crippen LogP contribution in [0.3, 0.4) is 0 Å². The third-order valence-electron chi connectivity index (χ3n) is 3.38. The number of nitrogens with zero attached hydrogens (tertiary/aromatic N) is 3. The Morgan fingerprint density at radius 1 is 1.29 bits per heavy atom. The van der Waals surface area contributed by atoms with Crippen molar-refractivity contribution in [1.29, 1.82) is 0 Å². The van der Waals surface area contributed by atoms with E-state index in [9.17, 15) is 0 Å². The summed E-state index contributed by atoms with van der Waals surface area (Å²) in [5.74, 6) is 2.55. The standard InChI is InChI=1S/C12H22N4S/c1-9(2)16-11(13)14-15-12(16)17-8-10-6-4-3-5-7-10/h9-10H,3-8H2,1-2H3,(H2,13,14). The third kappa shape index (κ3) is 3.15. The molecule has 1 aromatic rings. The molecule has 1 heterocycles. The van der Waals surface area contributed by atoms with Crippen molar-refractivity contribution in [1.82, 2.24) is 14.8 Å². The Morgan fingerprint density at radius 2 is 2.00 bits per heavy atom. The molecule has 0 saturated heterocycles. The first-order chi connectivity index (χ1) is 8.18. The van der Waals surface area contributed by atoms with Gasteiger partial charge in [-0.3, -0.25) is 4.57 Å². The van der Waals surface area contributed by atoms with Crippen LogP contribution in [0.25, 0.3) is 0 Å². The minimum atomic E-state index is 0.332. The zero-order chi connectivity index (χ0) is 12.3. The van der Waals surface area contributed by atoms with Crippen molar-refractivity contribution in [2.45, 2.75) is 57.1 Å². The van der Waals surface area contributed by atoms with Gasteiger partial charge in [-0.1, -0.05) is 31.0 Å². The molecule has 0 aliphatic heterocycles. The zero-order valence-electron chi connectivity index (χ0n) is 10.7. The second-order valence-corrected chi connectivity index (χ2v) is 6.11. The number of thioether (sulfide) groups is 1. The summed E-state index contributed by atoms with van der Waals surface area (Å²) in [6.45, 7) is 4.23. The lowest BCUT2D eigenvalue weighted by Crippen LogP contribution is -2.11. The summed E-state index contributed by atoms with van der Waals surface area (Å²) in [4.78, 5) is 0. The molecule has 0 amide bonds. The first-order valence-corrected chi connectivity index (χ1v) is 7.50. The van der Waals surface area contributed by atoms with Gasteiger partial charge in [0.2, 0.25) is 5.95 Å². The summed E-state index contributed by atoms with van der Waals surface area (Å²) in [6, 6.07) is 0.332. The second kappa shape index (κ2) is 5.76. The topological polar surface area (TPSA) is 56.7 Å². The van der Waals surface area contributed by atoms with Crippen molar-refractivity contribution < 1.29 is 0 Å². The van der Waals surface area contributed by atoms with Gasteiger partial charge in [-0.2, -0.15) is 0 Å². The van der Waals surface area contributed by atoms with Crippen molar-refractivity contribution in [3.63, 3.8) is 0 Å². The molecular formula is C12H22N4S. The van der Waals surface area contributed by atoms with E-state index in [0.717, 1.165) is 16.8 Å². The first kappa shape index (κ1) is 12.7. The van der Waals surface area contributed by atoms with E-state index >= 15 is 0 Å². The van der Waals surface area contributed by atoms with Crippen LogP contribution in [-0.4, -0.2) is 20.5 Å². The van der Waals surface area contributed by atoms with Gasteiger partial charge >= 0.3 is 0 Å². The SMILES string of the molecule is CC(C)n1c(N)nnc1SCC1CCCCC1. The van der Waals surface area contributed by atoms with Crippen LogP contribution < -0.4 is 5.73 Å². The van der Waals surface area contributed by atoms with Crippen molar-refractivity contribution in [2.75, 3.05) is 11.5 Å². The summed E-state index contributed by atoms with van der Waals surface area (Å²) in [5.41, 5.74) is 5.83. The van der Waals surface area contributed by atoms with Gasteiger partial charge in [0.15, 0.2) is 5.16 Å². The van der Waals surface area contributed by atoms with Gasteiger partial charge in [-0.25, -0.2) is 0 Å². The molecule has 1 aromatic heterocycles. The number of nitrogen functional groups attached to an aromatic ring is 1. The van der Waals surface area contributed by atoms with E-state index in [2.05, 4.69) is 24.0 Å². The Balaban J connectivity index is 1.94. The summed E-state index contributed by atoms with van der Waals surface area (Å²) >= 11 is 1.81. The fourth-order valence-electron chi connectivity index (χ4n) is 2.42. The van der Waals surface area contributed by atoms with Crippen LogP contribution in [0.1, 0.15) is 52.0 Å². The molecule has 17 heavy (non-hydrogen) atoms. The molecule has 0 radical (unpaired) electrons. The van der Waals surface area contributed by atoms with Gasteiger partial charge in [0.05, 0.1) is 0 Å². The van der Waals surface area contributed by atoms with Crippen LogP contribution >= 0.6 is 11.8 Å². The molecule has 1 fully saturated rings. The van der Waals surface area contributed by atoms with Crippen LogP contribution in [0.4, 0.5) is 5.95 Å². The molecule has 0 atom stereocenters. The van der Waals surface area contributed by atoms with Gasteiger partial charge < -0.3 is 5.73 Å². The van der Waals surface area contributed by atoms with E-state index in [0.29, 0.717) is 12.0 Å². The molecule has 0 aromatic carbocycles. The fourth-order valence-corrected chi connectivity index (χ4v) is 3.68. The van der Waals surface area contributed by atoms with Gasteiger partial charge in [0, 0.05) is 11.8 Å². The van der Waals surface area contributed by atoms with Crippen LogP contribution in [0.5, 0.6) is 0 Å². The lowest BCUT2D eigenvalue weighted by molar-refractivity contribution is 0.390. The highest BCUT2D eigenvalue weighted by atomic mass is 32.2. The van der Waals surface area contributed by atoms with E-state index in [1.54, 1.807) is 0 Å². The maximum Gasteiger partial charge on any atom is 0.222 e. The molecular weight excluding hydrogens is 232 g/mol. The van der Waals surface area contributed by atoms with E-state index in [1.807, 2.05) is 16.3 Å². The molecule has 5 heteroatoms. The smallest absolute Gasteiger partial charge is 0.222 e. The van der Waals surface area contributed by atoms with Crippen molar-refractivity contribution in [3.8, 4) is 0 Å². The zero-order valence-corrected chi connectivity index (χ0v) is 11.5. The van der Waals surface area contributed by atoms with Crippen LogP contribution in [0, 0.1) is 5.92 Å². The van der Waals surface area contributed by atoms with Gasteiger partial charge in [-0.05, 0) is 32.6 Å². The Labute approximate surface area is 107 Å². The lowest BCUT2D eigenvalue weighted by atomic mass is 9.91. The average molecular weight is 254 g/mol. The molecule has 96 valence electrons. The van der Waals surface area contributed by atoms with E-state index in [-0.39, 0.29) is 0 Å². The lowest BCUT2D eigenvalue weighted by Gasteiger charge is -2.21. The third-order valence-corrected chi connectivity index (χ3v) is 4.55. The summed E-state index contributed by atoms with van der Waals surface area (Å²) < 4.78 is 2.02. The molecule has 0 spiro atoms. The molecule has 2 rings (SSSR count). The van der Waals surface area contributed by atoms with Gasteiger partial charge in [0.25, 0.3) is 0 Å². The van der Waals surface area contributed by atoms with Gasteiger partial charge in [0.1, 0.15) is 0 Å². The van der Waals surface area contributed by atoms with E-state index < -0.39 is 0 Å². The predicted molar refractivity (Wildman–Crippen MR) is 72.1 cm³/mol. The maximum absolute atomic E-state index is 5.83. The second-order valence-electron chi connectivity index (χ2n) is 5.12. The minimum absolute atomic E-state index is 0.332. The molecule has 1 aliphatic rings. The molecule has 4 nitrogen and oxygen atoms in total. The highest BCUT2D eigenvalue weighted by Gasteiger charge is 2.17. The summed E-state index contributed by atoms with van der Waals surface area (Å²) in [6.07, 6.45) is 6.95. The maximum atomic E-state index is 5.83. The van der Waals surface area contributed by atoms with E-state index in [4.69, 9.17) is 5.73 Å². The van der Waals surface area contributed by atoms with Crippen LogP contribution in [0.2, 0.25) is 0 Å². The number of aromatic nitrogens is 3. The number of hydrogen-bond donors (Lipinski definition) is 1. The average Bonchev–Trinajstić information content (AvgIpc) is 2.69. The van der Waals surface area contributed by atoms with Crippen molar-refractivity contribution >= 4 is 17.7 Å². The Hall–Kier alpha value is -0.710. The van der Waals surface area contributed by atoms with Crippen LogP contribution in [-0.2, 0) is 0 Å². The molecule has 2 N–H and O–H groups in total. The molecule has 0 unspecified atom stereocenters. The minimum Gasteiger partial charge on any atom is -0.368 e. The van der Waals surface area contributed by atoms with Crippen molar-refractivity contribution in [3.05, 3.63) is 0 Å². The van der Waals surface area contributed by atoms with Crippen LogP contribution in [0.15, 0.2) is 5.16 Å². The fraction of sp³-hybridized carbons (Fsp3) is 0.833. The Morgan fingerprint density at radius 3 is 2.65 bits per heavy atom. The largest absolute Gasteiger partial charge is 0.368 e. The number of rotatable bonds is 4. The molecule has 0 bridgehead atoms. The van der Waals surface area contributed by atoms with E-state index in [1.165, 1.54) is 32.1 Å². The van der Waals surface area contributed by atoms with Gasteiger partial charge in [-0.15, -0.1) is 10.2 Å². The van der Waals surface area contributed by atoms with Crippen molar-refractivity contribution in [2.24, 2.45) is 5.92 Å². The first-order valence-electron chi connectivity index (χ1n) is 6.51. The number of nitrogens with two attached hydrogens (primary N) is 1. The normalized spacial score (nSPS) is 17.8. The quantitative estimate of drug-likeness (QED) is 0.839. The highest BCUT2D eigenvalue weighted by Crippen LogP contribution is 2.30. The monoisotopic (exact) mass is 254 g/mol. The molecule has 1 aliphatic carbocycles. The number of hydrogen-bond acceptors (Lipinski definition) is 4. The Bertz CT molecular complexity index is 355. The summed E-state index contributed by atoms with van der Waals surface area (Å²) in [5, 5.41) is 9.12.